The Labute approximate surface area is 120 Å². The normalized spacial score (nSPS) is 15.1. The van der Waals surface area contributed by atoms with Crippen LogP contribution >= 0.6 is 0 Å². The van der Waals surface area contributed by atoms with E-state index in [1.165, 1.54) is 37.7 Å². The predicted octanol–water partition coefficient (Wildman–Crippen LogP) is 6.16. The van der Waals surface area contributed by atoms with Crippen molar-refractivity contribution < 1.29 is 0 Å². The zero-order chi connectivity index (χ0) is 14.7. The van der Waals surface area contributed by atoms with Crippen molar-refractivity contribution in [1.29, 1.82) is 5.41 Å². The third-order valence-corrected chi connectivity index (χ3v) is 3.93. The van der Waals surface area contributed by atoms with Crippen LogP contribution in [0.15, 0.2) is 24.3 Å². The van der Waals surface area contributed by atoms with E-state index in [9.17, 15) is 0 Å². The van der Waals surface area contributed by atoms with Gasteiger partial charge in [-0.05, 0) is 43.1 Å². The molecule has 0 radical (unpaired) electrons. The Hall–Kier alpha value is -0.850. The van der Waals surface area contributed by atoms with Gasteiger partial charge in [-0.15, -0.1) is 0 Å². The van der Waals surface area contributed by atoms with Gasteiger partial charge in [-0.2, -0.15) is 0 Å². The first-order chi connectivity index (χ1) is 9.10. The third kappa shape index (κ3) is 7.34. The summed E-state index contributed by atoms with van der Waals surface area (Å²) in [6.07, 6.45) is 12.6. The van der Waals surface area contributed by atoms with E-state index in [0.29, 0.717) is 11.8 Å². The number of hydrogen-bond donors (Lipinski definition) is 1. The van der Waals surface area contributed by atoms with Crippen LogP contribution in [0.2, 0.25) is 0 Å². The molecule has 0 aromatic carbocycles. The van der Waals surface area contributed by atoms with E-state index < -0.39 is 0 Å². The molecule has 1 nitrogen and oxygen atoms in total. The predicted molar refractivity (Wildman–Crippen MR) is 88.0 cm³/mol. The summed E-state index contributed by atoms with van der Waals surface area (Å²) in [4.78, 5) is 0. The van der Waals surface area contributed by atoms with Crippen molar-refractivity contribution in [2.75, 3.05) is 0 Å². The Morgan fingerprint density at radius 1 is 1.16 bits per heavy atom. The molecular formula is C18H33N. The minimum atomic E-state index is 0.369. The fourth-order valence-corrected chi connectivity index (χ4v) is 2.50. The number of hydrogen-bond acceptors (Lipinski definition) is 1. The maximum Gasteiger partial charge on any atom is 0.0118 e. The van der Waals surface area contributed by atoms with E-state index in [1.807, 2.05) is 6.08 Å². The van der Waals surface area contributed by atoms with E-state index in [2.05, 4.69) is 40.3 Å². The molecule has 0 bridgehead atoms. The van der Waals surface area contributed by atoms with E-state index >= 15 is 0 Å². The molecule has 0 saturated heterocycles. The fourth-order valence-electron chi connectivity index (χ4n) is 2.50. The highest BCUT2D eigenvalue weighted by Crippen LogP contribution is 2.25. The van der Waals surface area contributed by atoms with Crippen LogP contribution in [0.4, 0.5) is 0 Å². The summed E-state index contributed by atoms with van der Waals surface area (Å²) in [5.41, 5.74) is 2.27. The number of unbranched alkanes of at least 4 members (excludes halogenated alkanes) is 1. The summed E-state index contributed by atoms with van der Waals surface area (Å²) in [6.45, 7) is 12.7. The molecule has 0 amide bonds. The lowest BCUT2D eigenvalue weighted by molar-refractivity contribution is 0.494. The Kier molecular flexibility index (Phi) is 10.5. The maximum absolute atomic E-state index is 7.89. The molecule has 0 aromatic rings. The molecule has 0 saturated carbocycles. The fraction of sp³-hybridized carbons (Fsp3) is 0.722. The molecule has 0 fully saturated rings. The minimum Gasteiger partial charge on any atom is -0.309 e. The van der Waals surface area contributed by atoms with Gasteiger partial charge in [0.25, 0.3) is 0 Å². The minimum absolute atomic E-state index is 0.369. The zero-order valence-electron chi connectivity index (χ0n) is 13.5. The first-order valence-electron chi connectivity index (χ1n) is 8.00. The van der Waals surface area contributed by atoms with Gasteiger partial charge in [-0.1, -0.05) is 65.7 Å². The first kappa shape index (κ1) is 18.1. The molecule has 0 aliphatic heterocycles. The zero-order valence-corrected chi connectivity index (χ0v) is 13.5. The van der Waals surface area contributed by atoms with Crippen molar-refractivity contribution in [3.8, 4) is 0 Å². The van der Waals surface area contributed by atoms with Crippen LogP contribution in [0.1, 0.15) is 72.6 Å². The van der Waals surface area contributed by atoms with E-state index in [4.69, 9.17) is 5.41 Å². The van der Waals surface area contributed by atoms with Crippen molar-refractivity contribution in [2.24, 2.45) is 11.8 Å². The van der Waals surface area contributed by atoms with Gasteiger partial charge in [0, 0.05) is 5.71 Å². The molecule has 2 unspecified atom stereocenters. The van der Waals surface area contributed by atoms with Gasteiger partial charge in [0.05, 0.1) is 0 Å². The monoisotopic (exact) mass is 263 g/mol. The standard InChI is InChI=1S/C18H33N/c1-6-10-12-17(11-7-2)16(8-3)14-13-15(5)18(19)9-4/h8,14-15,17,19H,3,6-7,9-13H2,1-2,4-5H3/b16-14+,19-18?. The van der Waals surface area contributed by atoms with Crippen LogP contribution in [0.25, 0.3) is 0 Å². The average Bonchev–Trinajstić information content (AvgIpc) is 2.43. The molecule has 0 aliphatic carbocycles. The quantitative estimate of drug-likeness (QED) is 0.341. The Morgan fingerprint density at radius 2 is 1.84 bits per heavy atom. The van der Waals surface area contributed by atoms with E-state index in [1.54, 1.807) is 0 Å². The Bertz CT molecular complexity index is 288. The van der Waals surface area contributed by atoms with Gasteiger partial charge < -0.3 is 5.41 Å². The van der Waals surface area contributed by atoms with Crippen LogP contribution < -0.4 is 0 Å². The molecule has 1 heteroatoms. The van der Waals surface area contributed by atoms with Crippen molar-refractivity contribution in [2.45, 2.75) is 72.6 Å². The van der Waals surface area contributed by atoms with E-state index in [0.717, 1.165) is 18.6 Å². The SMILES string of the molecule is C=C/C(=C\CC(C)C(=N)CC)C(CCC)CCCC. The summed E-state index contributed by atoms with van der Waals surface area (Å²) in [5.74, 6) is 1.04. The largest absolute Gasteiger partial charge is 0.309 e. The number of nitrogens with one attached hydrogen (secondary N) is 1. The average molecular weight is 263 g/mol. The molecule has 1 N–H and O–H groups in total. The highest BCUT2D eigenvalue weighted by atomic mass is 14.4. The Balaban J connectivity index is 4.63. The van der Waals surface area contributed by atoms with Crippen molar-refractivity contribution >= 4 is 5.71 Å². The number of allylic oxidation sites excluding steroid dienone is 3. The Morgan fingerprint density at radius 3 is 2.32 bits per heavy atom. The molecule has 19 heavy (non-hydrogen) atoms. The second-order valence-electron chi connectivity index (χ2n) is 5.55. The van der Waals surface area contributed by atoms with Gasteiger partial charge >= 0.3 is 0 Å². The van der Waals surface area contributed by atoms with Crippen LogP contribution in [0.5, 0.6) is 0 Å². The lowest BCUT2D eigenvalue weighted by Crippen LogP contribution is -2.09. The lowest BCUT2D eigenvalue weighted by atomic mass is 9.87. The van der Waals surface area contributed by atoms with Crippen LogP contribution in [-0.2, 0) is 0 Å². The topological polar surface area (TPSA) is 23.9 Å². The lowest BCUT2D eigenvalue weighted by Gasteiger charge is -2.18. The third-order valence-electron chi connectivity index (χ3n) is 3.93. The highest BCUT2D eigenvalue weighted by Gasteiger charge is 2.12. The van der Waals surface area contributed by atoms with Gasteiger partial charge in [-0.25, -0.2) is 0 Å². The summed E-state index contributed by atoms with van der Waals surface area (Å²) in [6, 6.07) is 0. The second-order valence-corrected chi connectivity index (χ2v) is 5.55. The van der Waals surface area contributed by atoms with Gasteiger partial charge in [0.1, 0.15) is 0 Å². The molecule has 0 rings (SSSR count). The van der Waals surface area contributed by atoms with Crippen molar-refractivity contribution in [3.63, 3.8) is 0 Å². The summed E-state index contributed by atoms with van der Waals surface area (Å²) < 4.78 is 0. The molecule has 0 spiro atoms. The van der Waals surface area contributed by atoms with Gasteiger partial charge in [-0.3, -0.25) is 0 Å². The molecule has 0 aromatic heterocycles. The second kappa shape index (κ2) is 11.0. The molecule has 0 heterocycles. The van der Waals surface area contributed by atoms with Crippen LogP contribution in [0, 0.1) is 17.2 Å². The summed E-state index contributed by atoms with van der Waals surface area (Å²) in [5, 5.41) is 7.89. The molecule has 110 valence electrons. The van der Waals surface area contributed by atoms with Crippen molar-refractivity contribution in [1.82, 2.24) is 0 Å². The van der Waals surface area contributed by atoms with Crippen LogP contribution in [0.3, 0.4) is 0 Å². The summed E-state index contributed by atoms with van der Waals surface area (Å²) in [7, 11) is 0. The van der Waals surface area contributed by atoms with Gasteiger partial charge in [0.15, 0.2) is 0 Å². The maximum atomic E-state index is 7.89. The molecular weight excluding hydrogens is 230 g/mol. The highest BCUT2D eigenvalue weighted by molar-refractivity contribution is 5.83. The van der Waals surface area contributed by atoms with Crippen LogP contribution in [-0.4, -0.2) is 5.71 Å². The van der Waals surface area contributed by atoms with E-state index in [-0.39, 0.29) is 0 Å². The smallest absolute Gasteiger partial charge is 0.0118 e. The number of rotatable bonds is 11. The molecule has 0 aliphatic rings. The first-order valence-corrected chi connectivity index (χ1v) is 8.00. The molecule has 2 atom stereocenters. The van der Waals surface area contributed by atoms with Crippen molar-refractivity contribution in [3.05, 3.63) is 24.3 Å². The summed E-state index contributed by atoms with van der Waals surface area (Å²) >= 11 is 0. The van der Waals surface area contributed by atoms with Gasteiger partial charge in [0.2, 0.25) is 0 Å².